The monoisotopic (exact) mass is 534 g/mol. The molecule has 0 unspecified atom stereocenters. The molecule has 0 aliphatic heterocycles. The Labute approximate surface area is 233 Å². The zero-order valence-corrected chi connectivity index (χ0v) is 24.0. The number of likely N-dealkylation sites (N-methyl/N-ethyl adjacent to an activating group) is 1. The first kappa shape index (κ1) is 28.8. The molecule has 0 saturated carbocycles. The average Bonchev–Trinajstić information content (AvgIpc) is 2.92. The minimum Gasteiger partial charge on any atom is -0.508 e. The van der Waals surface area contributed by atoms with Gasteiger partial charge in [0.05, 0.1) is 7.11 Å². The molecule has 3 aromatic carbocycles. The number of aryl methyl sites for hydroxylation is 1. The Hall–Kier alpha value is -3.25. The Kier molecular flexibility index (Phi) is 9.73. The number of rotatable bonds is 12. The Balaban J connectivity index is 1.55. The number of ether oxygens (including phenoxy) is 2. The molecule has 1 aliphatic carbocycles. The van der Waals surface area contributed by atoms with Gasteiger partial charge in [0.25, 0.3) is 0 Å². The second-order valence-electron chi connectivity index (χ2n) is 11.0. The molecule has 1 N–H and O–H groups in total. The lowest BCUT2D eigenvalue weighted by atomic mass is 9.79. The van der Waals surface area contributed by atoms with Gasteiger partial charge in [-0.2, -0.15) is 0 Å². The van der Waals surface area contributed by atoms with E-state index in [1.54, 1.807) is 25.3 Å². The van der Waals surface area contributed by atoms with Gasteiger partial charge in [-0.25, -0.2) is 4.39 Å². The van der Waals surface area contributed by atoms with Crippen LogP contribution in [-0.4, -0.2) is 49.9 Å². The highest BCUT2D eigenvalue weighted by atomic mass is 19.1. The van der Waals surface area contributed by atoms with E-state index in [1.807, 2.05) is 18.2 Å². The van der Waals surface area contributed by atoms with Gasteiger partial charge >= 0.3 is 0 Å². The molecule has 0 fully saturated rings. The Morgan fingerprint density at radius 1 is 1.03 bits per heavy atom. The van der Waals surface area contributed by atoms with Crippen LogP contribution in [0.1, 0.15) is 61.8 Å². The van der Waals surface area contributed by atoms with Crippen LogP contribution in [0.25, 0.3) is 0 Å². The highest BCUT2D eigenvalue weighted by molar-refractivity contribution is 5.60. The van der Waals surface area contributed by atoms with Gasteiger partial charge in [-0.3, -0.25) is 0 Å². The van der Waals surface area contributed by atoms with Crippen molar-refractivity contribution in [3.63, 3.8) is 0 Å². The second-order valence-corrected chi connectivity index (χ2v) is 11.0. The number of fused-ring (bicyclic) bond motifs is 1. The van der Waals surface area contributed by atoms with Crippen molar-refractivity contribution in [3.8, 4) is 17.2 Å². The van der Waals surface area contributed by atoms with E-state index in [1.165, 1.54) is 16.7 Å². The minimum absolute atomic E-state index is 0.191. The first-order valence-corrected chi connectivity index (χ1v) is 14.1. The van der Waals surface area contributed by atoms with Gasteiger partial charge in [-0.1, -0.05) is 25.1 Å². The number of nitrogens with zero attached hydrogens (tertiary/aromatic N) is 2. The molecule has 0 saturated heterocycles. The number of hydrogen-bond donors (Lipinski definition) is 1. The first-order chi connectivity index (χ1) is 18.8. The van der Waals surface area contributed by atoms with Crippen molar-refractivity contribution < 1.29 is 19.0 Å². The summed E-state index contributed by atoms with van der Waals surface area (Å²) in [6, 6.07) is 17.6. The van der Waals surface area contributed by atoms with E-state index in [4.69, 9.17) is 9.47 Å². The number of anilines is 1. The van der Waals surface area contributed by atoms with Crippen molar-refractivity contribution >= 4 is 5.69 Å². The fourth-order valence-electron chi connectivity index (χ4n) is 5.56. The molecule has 0 bridgehead atoms. The molecular weight excluding hydrogens is 491 g/mol. The Bertz CT molecular complexity index is 1250. The van der Waals surface area contributed by atoms with E-state index in [0.717, 1.165) is 55.8 Å². The highest BCUT2D eigenvalue weighted by Crippen LogP contribution is 2.40. The lowest BCUT2D eigenvalue weighted by Gasteiger charge is -2.35. The van der Waals surface area contributed by atoms with Crippen LogP contribution in [0.5, 0.6) is 17.2 Å². The molecule has 3 aromatic rings. The maximum absolute atomic E-state index is 15.0. The minimum atomic E-state index is -0.327. The van der Waals surface area contributed by atoms with Gasteiger partial charge in [0.2, 0.25) is 0 Å². The number of benzene rings is 3. The summed E-state index contributed by atoms with van der Waals surface area (Å²) in [5.74, 6) is 1.46. The maximum Gasteiger partial charge on any atom is 0.165 e. The van der Waals surface area contributed by atoms with Gasteiger partial charge in [0.1, 0.15) is 18.1 Å². The SMILES string of the molecule is CCCN(C)CCOc1ccc(CN(c2cc(OC)ccc2[C@H]2CCc3cc(O)ccc3C2)C(C)C)cc1F. The summed E-state index contributed by atoms with van der Waals surface area (Å²) in [6.45, 7) is 9.28. The predicted molar refractivity (Wildman–Crippen MR) is 157 cm³/mol. The summed E-state index contributed by atoms with van der Waals surface area (Å²) in [4.78, 5) is 4.52. The van der Waals surface area contributed by atoms with E-state index >= 15 is 4.39 Å². The fraction of sp³-hybridized carbons (Fsp3) is 0.455. The zero-order valence-electron chi connectivity index (χ0n) is 24.0. The van der Waals surface area contributed by atoms with Crippen LogP contribution in [0, 0.1) is 5.82 Å². The third kappa shape index (κ3) is 7.24. The maximum atomic E-state index is 15.0. The van der Waals surface area contributed by atoms with Gasteiger partial charge in [-0.05, 0) is 112 Å². The molecule has 210 valence electrons. The van der Waals surface area contributed by atoms with Crippen molar-refractivity contribution in [2.45, 2.75) is 65.0 Å². The van der Waals surface area contributed by atoms with Crippen LogP contribution < -0.4 is 14.4 Å². The van der Waals surface area contributed by atoms with Crippen molar-refractivity contribution in [1.29, 1.82) is 0 Å². The van der Waals surface area contributed by atoms with E-state index in [0.29, 0.717) is 30.6 Å². The van der Waals surface area contributed by atoms with Crippen LogP contribution in [0.2, 0.25) is 0 Å². The van der Waals surface area contributed by atoms with Crippen LogP contribution in [0.3, 0.4) is 0 Å². The van der Waals surface area contributed by atoms with Gasteiger partial charge < -0.3 is 24.4 Å². The predicted octanol–water partition coefficient (Wildman–Crippen LogP) is 6.95. The molecule has 0 aromatic heterocycles. The molecule has 39 heavy (non-hydrogen) atoms. The summed E-state index contributed by atoms with van der Waals surface area (Å²) in [7, 11) is 3.74. The van der Waals surface area contributed by atoms with E-state index in [9.17, 15) is 5.11 Å². The molecule has 0 amide bonds. The van der Waals surface area contributed by atoms with Crippen LogP contribution in [0.15, 0.2) is 54.6 Å². The molecule has 0 heterocycles. The molecular formula is C33H43FN2O3. The van der Waals surface area contributed by atoms with Crippen LogP contribution in [0.4, 0.5) is 10.1 Å². The van der Waals surface area contributed by atoms with Crippen molar-refractivity contribution in [1.82, 2.24) is 4.90 Å². The number of hydrogen-bond acceptors (Lipinski definition) is 5. The summed E-state index contributed by atoms with van der Waals surface area (Å²) in [5.41, 5.74) is 5.82. The van der Waals surface area contributed by atoms with Crippen LogP contribution >= 0.6 is 0 Å². The quantitative estimate of drug-likeness (QED) is 0.272. The molecule has 5 nitrogen and oxygen atoms in total. The fourth-order valence-corrected chi connectivity index (χ4v) is 5.56. The summed E-state index contributed by atoms with van der Waals surface area (Å²) < 4.78 is 26.4. The molecule has 4 rings (SSSR count). The normalized spacial score (nSPS) is 14.9. The Morgan fingerprint density at radius 2 is 1.85 bits per heavy atom. The van der Waals surface area contributed by atoms with Gasteiger partial charge in [0.15, 0.2) is 11.6 Å². The summed E-state index contributed by atoms with van der Waals surface area (Å²) >= 11 is 0. The number of methoxy groups -OCH3 is 1. The summed E-state index contributed by atoms with van der Waals surface area (Å²) in [6.07, 6.45) is 3.95. The van der Waals surface area contributed by atoms with Gasteiger partial charge in [0, 0.05) is 30.9 Å². The van der Waals surface area contributed by atoms with Crippen molar-refractivity contribution in [2.75, 3.05) is 38.8 Å². The van der Waals surface area contributed by atoms with Crippen molar-refractivity contribution in [2.24, 2.45) is 0 Å². The lowest BCUT2D eigenvalue weighted by molar-refractivity contribution is 0.231. The molecule has 0 spiro atoms. The zero-order chi connectivity index (χ0) is 27.9. The third-order valence-corrected chi connectivity index (χ3v) is 7.71. The lowest BCUT2D eigenvalue weighted by Crippen LogP contribution is -2.32. The third-order valence-electron chi connectivity index (χ3n) is 7.71. The topological polar surface area (TPSA) is 45.2 Å². The van der Waals surface area contributed by atoms with Crippen molar-refractivity contribution in [3.05, 3.63) is 82.7 Å². The van der Waals surface area contributed by atoms with E-state index in [-0.39, 0.29) is 11.9 Å². The molecule has 6 heteroatoms. The standard InChI is InChI=1S/C33H43FN2O3/c1-6-15-35(4)16-17-39-33-14-7-24(18-31(33)34)22-36(23(2)3)32-21-29(38-5)12-13-30(32)27-9-8-26-20-28(37)11-10-25(26)19-27/h7,10-14,18,20-21,23,27,37H,6,8-9,15-17,19,22H2,1-5H3/t27-/m0/s1. The number of aromatic hydroxyl groups is 1. The Morgan fingerprint density at radius 3 is 2.56 bits per heavy atom. The van der Waals surface area contributed by atoms with E-state index in [2.05, 4.69) is 55.8 Å². The van der Waals surface area contributed by atoms with Crippen LogP contribution in [-0.2, 0) is 19.4 Å². The second kappa shape index (κ2) is 13.2. The first-order valence-electron chi connectivity index (χ1n) is 14.1. The highest BCUT2D eigenvalue weighted by Gasteiger charge is 2.26. The molecule has 0 radical (unpaired) electrons. The largest absolute Gasteiger partial charge is 0.508 e. The number of phenols is 1. The smallest absolute Gasteiger partial charge is 0.165 e. The number of halogens is 1. The molecule has 1 atom stereocenters. The number of phenolic OH excluding ortho intramolecular Hbond substituents is 1. The van der Waals surface area contributed by atoms with Gasteiger partial charge in [-0.15, -0.1) is 0 Å². The average molecular weight is 535 g/mol. The van der Waals surface area contributed by atoms with E-state index < -0.39 is 0 Å². The molecule has 1 aliphatic rings. The summed E-state index contributed by atoms with van der Waals surface area (Å²) in [5, 5.41) is 9.91.